The van der Waals surface area contributed by atoms with Crippen molar-refractivity contribution < 1.29 is 4.79 Å². The van der Waals surface area contributed by atoms with Crippen molar-refractivity contribution in [3.8, 4) is 6.07 Å². The van der Waals surface area contributed by atoms with Gasteiger partial charge >= 0.3 is 0 Å². The number of nitrogens with one attached hydrogen (secondary N) is 1. The molecule has 118 valence electrons. The van der Waals surface area contributed by atoms with E-state index in [-0.39, 0.29) is 5.91 Å². The van der Waals surface area contributed by atoms with Crippen LogP contribution < -0.4 is 5.32 Å². The molecule has 0 radical (unpaired) electrons. The van der Waals surface area contributed by atoms with Crippen molar-refractivity contribution in [2.75, 3.05) is 0 Å². The number of rotatable bonds is 5. The fourth-order valence-corrected chi connectivity index (χ4v) is 2.36. The first kappa shape index (κ1) is 17.0. The molecule has 0 bridgehead atoms. The topological polar surface area (TPSA) is 65.8 Å². The SMILES string of the molecule is CC(C)(C#N)NC(=O)C(Cc1cccnc1)c1ccc(Cl)cc1. The Bertz CT molecular complexity index is 705. The smallest absolute Gasteiger partial charge is 0.229 e. The standard InChI is InChI=1S/C18H18ClN3O/c1-18(2,12-20)22-17(23)16(10-13-4-3-9-21-11-13)14-5-7-15(19)8-6-14/h3-9,11,16H,10H2,1-2H3,(H,22,23). The maximum absolute atomic E-state index is 12.7. The first-order chi connectivity index (χ1) is 10.9. The van der Waals surface area contributed by atoms with E-state index < -0.39 is 11.5 Å². The minimum Gasteiger partial charge on any atom is -0.338 e. The van der Waals surface area contributed by atoms with Crippen LogP contribution in [0.2, 0.25) is 5.02 Å². The number of pyridine rings is 1. The fraction of sp³-hybridized carbons (Fsp3) is 0.278. The van der Waals surface area contributed by atoms with Crippen LogP contribution in [0.4, 0.5) is 0 Å². The molecule has 0 spiro atoms. The van der Waals surface area contributed by atoms with Crippen molar-refractivity contribution in [2.24, 2.45) is 0 Å². The van der Waals surface area contributed by atoms with Crippen LogP contribution in [-0.2, 0) is 11.2 Å². The highest BCUT2D eigenvalue weighted by Crippen LogP contribution is 2.23. The number of amides is 1. The largest absolute Gasteiger partial charge is 0.338 e. The second kappa shape index (κ2) is 7.26. The molecule has 0 aliphatic carbocycles. The average molecular weight is 328 g/mol. The maximum atomic E-state index is 12.7. The number of carbonyl (C=O) groups excluding carboxylic acids is 1. The summed E-state index contributed by atoms with van der Waals surface area (Å²) >= 11 is 5.93. The van der Waals surface area contributed by atoms with E-state index in [1.165, 1.54) is 0 Å². The Kier molecular flexibility index (Phi) is 5.36. The van der Waals surface area contributed by atoms with Crippen LogP contribution in [0.1, 0.15) is 30.9 Å². The number of hydrogen-bond acceptors (Lipinski definition) is 3. The van der Waals surface area contributed by atoms with E-state index in [2.05, 4.69) is 16.4 Å². The van der Waals surface area contributed by atoms with Crippen molar-refractivity contribution in [3.63, 3.8) is 0 Å². The van der Waals surface area contributed by atoms with Crippen LogP contribution in [0.5, 0.6) is 0 Å². The molecule has 1 aromatic heterocycles. The lowest BCUT2D eigenvalue weighted by atomic mass is 9.91. The molecule has 1 heterocycles. The van der Waals surface area contributed by atoms with Gasteiger partial charge in [0.05, 0.1) is 12.0 Å². The molecule has 1 atom stereocenters. The molecule has 2 rings (SSSR count). The Morgan fingerprint density at radius 2 is 2.04 bits per heavy atom. The lowest BCUT2D eigenvalue weighted by Gasteiger charge is -2.23. The van der Waals surface area contributed by atoms with Gasteiger partial charge in [0.25, 0.3) is 0 Å². The van der Waals surface area contributed by atoms with Crippen LogP contribution in [0, 0.1) is 11.3 Å². The zero-order chi connectivity index (χ0) is 16.9. The van der Waals surface area contributed by atoms with Crippen molar-refractivity contribution in [3.05, 3.63) is 64.9 Å². The second-order valence-electron chi connectivity index (χ2n) is 5.90. The Morgan fingerprint density at radius 1 is 1.35 bits per heavy atom. The molecule has 1 amide bonds. The molecule has 2 aromatic rings. The van der Waals surface area contributed by atoms with Crippen LogP contribution in [-0.4, -0.2) is 16.4 Å². The zero-order valence-corrected chi connectivity index (χ0v) is 13.8. The van der Waals surface area contributed by atoms with Gasteiger partial charge in [0.1, 0.15) is 5.54 Å². The summed E-state index contributed by atoms with van der Waals surface area (Å²) < 4.78 is 0. The van der Waals surface area contributed by atoms with Crippen molar-refractivity contribution in [1.82, 2.24) is 10.3 Å². The van der Waals surface area contributed by atoms with Crippen LogP contribution in [0.25, 0.3) is 0 Å². The maximum Gasteiger partial charge on any atom is 0.229 e. The highest BCUT2D eigenvalue weighted by atomic mass is 35.5. The molecule has 0 saturated carbocycles. The number of nitrogens with zero attached hydrogens (tertiary/aromatic N) is 2. The van der Waals surface area contributed by atoms with E-state index >= 15 is 0 Å². The molecular formula is C18H18ClN3O. The highest BCUT2D eigenvalue weighted by Gasteiger charge is 2.27. The Balaban J connectivity index is 2.29. The minimum atomic E-state index is -0.920. The summed E-state index contributed by atoms with van der Waals surface area (Å²) in [4.78, 5) is 16.8. The van der Waals surface area contributed by atoms with E-state index in [1.807, 2.05) is 24.3 Å². The van der Waals surface area contributed by atoms with Crippen molar-refractivity contribution in [2.45, 2.75) is 31.7 Å². The summed E-state index contributed by atoms with van der Waals surface area (Å²) in [5, 5.41) is 12.5. The molecule has 23 heavy (non-hydrogen) atoms. The van der Waals surface area contributed by atoms with E-state index in [9.17, 15) is 4.79 Å². The quantitative estimate of drug-likeness (QED) is 0.914. The molecule has 0 saturated heterocycles. The summed E-state index contributed by atoms with van der Waals surface area (Å²) in [7, 11) is 0. The van der Waals surface area contributed by atoms with Crippen molar-refractivity contribution >= 4 is 17.5 Å². The van der Waals surface area contributed by atoms with Crippen molar-refractivity contribution in [1.29, 1.82) is 5.26 Å². The van der Waals surface area contributed by atoms with Crippen LogP contribution >= 0.6 is 11.6 Å². The third kappa shape index (κ3) is 4.80. The molecule has 4 nitrogen and oxygen atoms in total. The van der Waals surface area contributed by atoms with E-state index in [0.717, 1.165) is 11.1 Å². The number of hydrogen-bond donors (Lipinski definition) is 1. The summed E-state index contributed by atoms with van der Waals surface area (Å²) in [6.07, 6.45) is 3.94. The summed E-state index contributed by atoms with van der Waals surface area (Å²) in [6.45, 7) is 3.35. The number of halogens is 1. The summed E-state index contributed by atoms with van der Waals surface area (Å²) in [6, 6.07) is 13.0. The zero-order valence-electron chi connectivity index (χ0n) is 13.1. The fourth-order valence-electron chi connectivity index (χ4n) is 2.23. The molecule has 1 aromatic carbocycles. The van der Waals surface area contributed by atoms with Gasteiger partial charge in [0.2, 0.25) is 5.91 Å². The molecule has 1 unspecified atom stereocenters. The molecule has 0 fully saturated rings. The van der Waals surface area contributed by atoms with Gasteiger partial charge in [-0.15, -0.1) is 0 Å². The van der Waals surface area contributed by atoms with E-state index in [4.69, 9.17) is 16.9 Å². The van der Waals surface area contributed by atoms with Gasteiger partial charge in [0.15, 0.2) is 0 Å². The van der Waals surface area contributed by atoms with Gasteiger partial charge in [-0.1, -0.05) is 29.8 Å². The van der Waals surface area contributed by atoms with Gasteiger partial charge in [-0.05, 0) is 49.6 Å². The predicted octanol–water partition coefficient (Wildman–Crippen LogP) is 3.48. The lowest BCUT2D eigenvalue weighted by molar-refractivity contribution is -0.123. The van der Waals surface area contributed by atoms with Gasteiger partial charge in [-0.2, -0.15) is 5.26 Å². The van der Waals surface area contributed by atoms with Gasteiger partial charge in [0, 0.05) is 17.4 Å². The molecule has 5 heteroatoms. The predicted molar refractivity (Wildman–Crippen MR) is 90.0 cm³/mol. The third-order valence-corrected chi connectivity index (χ3v) is 3.72. The number of aromatic nitrogens is 1. The number of nitriles is 1. The Labute approximate surface area is 141 Å². The van der Waals surface area contributed by atoms with E-state index in [1.54, 1.807) is 38.4 Å². The molecule has 1 N–H and O–H groups in total. The van der Waals surface area contributed by atoms with Crippen LogP contribution in [0.3, 0.4) is 0 Å². The highest BCUT2D eigenvalue weighted by molar-refractivity contribution is 6.30. The Morgan fingerprint density at radius 3 is 2.61 bits per heavy atom. The minimum absolute atomic E-state index is 0.192. The monoisotopic (exact) mass is 327 g/mol. The molecular weight excluding hydrogens is 310 g/mol. The Hall–Kier alpha value is -2.38. The summed E-state index contributed by atoms with van der Waals surface area (Å²) in [5.41, 5.74) is 0.887. The molecule has 0 aliphatic rings. The first-order valence-electron chi connectivity index (χ1n) is 7.29. The molecule has 0 aliphatic heterocycles. The van der Waals surface area contributed by atoms with Gasteiger partial charge < -0.3 is 5.32 Å². The van der Waals surface area contributed by atoms with E-state index in [0.29, 0.717) is 11.4 Å². The van der Waals surface area contributed by atoms with Gasteiger partial charge in [-0.25, -0.2) is 0 Å². The summed E-state index contributed by atoms with van der Waals surface area (Å²) in [5.74, 6) is -0.605. The number of benzene rings is 1. The average Bonchev–Trinajstić information content (AvgIpc) is 2.54. The lowest BCUT2D eigenvalue weighted by Crippen LogP contribution is -2.44. The number of carbonyl (C=O) groups is 1. The second-order valence-corrected chi connectivity index (χ2v) is 6.33. The van der Waals surface area contributed by atoms with Gasteiger partial charge in [-0.3, -0.25) is 9.78 Å². The van der Waals surface area contributed by atoms with Crippen LogP contribution in [0.15, 0.2) is 48.8 Å². The third-order valence-electron chi connectivity index (χ3n) is 3.47. The normalized spacial score (nSPS) is 12.3. The first-order valence-corrected chi connectivity index (χ1v) is 7.67.